The van der Waals surface area contributed by atoms with Crippen LogP contribution in [0.2, 0.25) is 18.1 Å². The van der Waals surface area contributed by atoms with Crippen molar-refractivity contribution < 1.29 is 23.4 Å². The van der Waals surface area contributed by atoms with Crippen LogP contribution in [0.3, 0.4) is 0 Å². The Morgan fingerprint density at radius 1 is 1.05 bits per heavy atom. The molecule has 3 aliphatic rings. The molecule has 0 radical (unpaired) electrons. The van der Waals surface area contributed by atoms with Crippen LogP contribution < -0.4 is 0 Å². The van der Waals surface area contributed by atoms with Crippen molar-refractivity contribution >= 4 is 8.32 Å². The highest BCUT2D eigenvalue weighted by Crippen LogP contribution is 2.59. The second-order valence-electron chi connectivity index (χ2n) is 14.7. The van der Waals surface area contributed by atoms with Gasteiger partial charge in [0.25, 0.3) is 0 Å². The monoisotopic (exact) mass is 582 g/mol. The Kier molecular flexibility index (Phi) is 9.65. The lowest BCUT2D eigenvalue weighted by atomic mass is 9.55. The topological polar surface area (TPSA) is 46.2 Å². The summed E-state index contributed by atoms with van der Waals surface area (Å²) in [6, 6.07) is 10.2. The molecule has 0 N–H and O–H groups in total. The van der Waals surface area contributed by atoms with Crippen molar-refractivity contribution in [1.82, 2.24) is 0 Å². The minimum absolute atomic E-state index is 0.0596. The first kappa shape index (κ1) is 32.4. The average molecular weight is 583 g/mol. The summed E-state index contributed by atoms with van der Waals surface area (Å²) in [7, 11) is -1.92. The molecule has 2 aliphatic carbocycles. The van der Waals surface area contributed by atoms with Crippen LogP contribution in [-0.2, 0) is 30.0 Å². The molecule has 0 saturated carbocycles. The van der Waals surface area contributed by atoms with E-state index >= 15 is 0 Å². The standard InChI is InChI=1S/C35H54O5Si/c1-26-18-20-35(33(6,7)29(26)22-40-41(9,10)32(3,4)5)31(38-25-39-35)30-27(2)15-14-19-34(30,8)23-37-24-36-21-28-16-12-11-13-17-28/h11-14,16-17,19,30-31H,2,15,18,20-25H2,1,3-10H3/t30-,31-,34-,35+/m0/s1. The van der Waals surface area contributed by atoms with Gasteiger partial charge >= 0.3 is 0 Å². The van der Waals surface area contributed by atoms with E-state index in [4.69, 9.17) is 23.4 Å². The minimum atomic E-state index is -1.92. The molecule has 0 aromatic heterocycles. The Morgan fingerprint density at radius 3 is 2.44 bits per heavy atom. The average Bonchev–Trinajstić information content (AvgIpc) is 3.31. The van der Waals surface area contributed by atoms with E-state index in [1.807, 2.05) is 18.2 Å². The van der Waals surface area contributed by atoms with Crippen molar-refractivity contribution in [3.05, 3.63) is 71.3 Å². The van der Waals surface area contributed by atoms with Crippen molar-refractivity contribution in [2.24, 2.45) is 16.7 Å². The molecule has 1 aromatic carbocycles. The largest absolute Gasteiger partial charge is 0.413 e. The Balaban J connectivity index is 1.53. The van der Waals surface area contributed by atoms with Crippen molar-refractivity contribution in [1.29, 1.82) is 0 Å². The van der Waals surface area contributed by atoms with Gasteiger partial charge in [-0.05, 0) is 55.5 Å². The minimum Gasteiger partial charge on any atom is -0.413 e. The predicted octanol–water partition coefficient (Wildman–Crippen LogP) is 8.59. The summed E-state index contributed by atoms with van der Waals surface area (Å²) in [5, 5.41) is 0.159. The van der Waals surface area contributed by atoms with Crippen LogP contribution >= 0.6 is 0 Å². The zero-order valence-electron chi connectivity index (χ0n) is 27.1. The van der Waals surface area contributed by atoms with Gasteiger partial charge in [-0.15, -0.1) is 0 Å². The summed E-state index contributed by atoms with van der Waals surface area (Å²) in [5.41, 5.74) is 4.09. The van der Waals surface area contributed by atoms with Crippen molar-refractivity contribution in [2.75, 3.05) is 26.8 Å². The molecule has 6 heteroatoms. The SMILES string of the molecule is C=C1CC=C[C@@](C)(COCOCc2ccccc2)[C@@H]1[C@@H]1OCO[C@]12CCC(C)=C(CO[Si](C)(C)C(C)(C)C)C2(C)C. The van der Waals surface area contributed by atoms with Gasteiger partial charge in [0.15, 0.2) is 8.32 Å². The molecular formula is C35H54O5Si. The van der Waals surface area contributed by atoms with Gasteiger partial charge in [0.2, 0.25) is 0 Å². The summed E-state index contributed by atoms with van der Waals surface area (Å²) in [6.45, 7) is 27.6. The first-order valence-electron chi connectivity index (χ1n) is 15.3. The molecular weight excluding hydrogens is 528 g/mol. The van der Waals surface area contributed by atoms with Crippen molar-refractivity contribution in [3.63, 3.8) is 0 Å². The van der Waals surface area contributed by atoms with Crippen molar-refractivity contribution in [2.45, 2.75) is 104 Å². The van der Waals surface area contributed by atoms with Crippen molar-refractivity contribution in [3.8, 4) is 0 Å². The number of hydrogen-bond donors (Lipinski definition) is 0. The molecule has 1 fully saturated rings. The van der Waals surface area contributed by atoms with E-state index in [1.165, 1.54) is 16.7 Å². The Morgan fingerprint density at radius 2 is 1.76 bits per heavy atom. The van der Waals surface area contributed by atoms with E-state index in [0.717, 1.165) is 24.8 Å². The third kappa shape index (κ3) is 6.39. The number of benzene rings is 1. The van der Waals surface area contributed by atoms with Gasteiger partial charge in [0, 0.05) is 16.7 Å². The highest BCUT2D eigenvalue weighted by molar-refractivity contribution is 6.74. The fourth-order valence-corrected chi connectivity index (χ4v) is 7.81. The van der Waals surface area contributed by atoms with E-state index in [-0.39, 0.29) is 34.7 Å². The van der Waals surface area contributed by atoms with Crippen LogP contribution in [0, 0.1) is 16.7 Å². The van der Waals surface area contributed by atoms with E-state index < -0.39 is 13.9 Å². The van der Waals surface area contributed by atoms with Gasteiger partial charge in [0.05, 0.1) is 25.9 Å². The van der Waals surface area contributed by atoms with Gasteiger partial charge in [-0.1, -0.05) is 102 Å². The molecule has 0 bridgehead atoms. The van der Waals surface area contributed by atoms with Gasteiger partial charge in [-0.3, -0.25) is 0 Å². The van der Waals surface area contributed by atoms with E-state index in [1.54, 1.807) is 0 Å². The Hall–Kier alpha value is -1.54. The summed E-state index contributed by atoms with van der Waals surface area (Å²) in [4.78, 5) is 0. The smallest absolute Gasteiger partial charge is 0.192 e. The number of rotatable bonds is 10. The summed E-state index contributed by atoms with van der Waals surface area (Å²) in [6.07, 6.45) is 7.14. The first-order chi connectivity index (χ1) is 19.1. The zero-order chi connectivity index (χ0) is 30.1. The fourth-order valence-electron chi connectivity index (χ4n) is 6.87. The van der Waals surface area contributed by atoms with Crippen LogP contribution in [0.25, 0.3) is 0 Å². The third-order valence-corrected chi connectivity index (χ3v) is 15.1. The van der Waals surface area contributed by atoms with Gasteiger partial charge in [-0.2, -0.15) is 0 Å². The van der Waals surface area contributed by atoms with Crippen LogP contribution in [0.5, 0.6) is 0 Å². The van der Waals surface area contributed by atoms with Crippen LogP contribution in [0.1, 0.15) is 73.3 Å². The van der Waals surface area contributed by atoms with Gasteiger partial charge in [-0.25, -0.2) is 0 Å². The molecule has 1 heterocycles. The summed E-state index contributed by atoms with van der Waals surface area (Å²) < 4.78 is 32.2. The maximum absolute atomic E-state index is 6.82. The zero-order valence-corrected chi connectivity index (χ0v) is 28.1. The predicted molar refractivity (Wildman–Crippen MR) is 169 cm³/mol. The maximum atomic E-state index is 6.82. The van der Waals surface area contributed by atoms with Crippen LogP contribution in [0.4, 0.5) is 0 Å². The number of ether oxygens (including phenoxy) is 4. The summed E-state index contributed by atoms with van der Waals surface area (Å²) >= 11 is 0. The van der Waals surface area contributed by atoms with Crippen LogP contribution in [-0.4, -0.2) is 46.8 Å². The van der Waals surface area contributed by atoms with E-state index in [9.17, 15) is 0 Å². The molecule has 41 heavy (non-hydrogen) atoms. The highest BCUT2D eigenvalue weighted by Gasteiger charge is 2.63. The second-order valence-corrected chi connectivity index (χ2v) is 19.5. The molecule has 1 aromatic rings. The third-order valence-electron chi connectivity index (χ3n) is 10.6. The molecule has 1 aliphatic heterocycles. The van der Waals surface area contributed by atoms with E-state index in [0.29, 0.717) is 26.6 Å². The highest BCUT2D eigenvalue weighted by atomic mass is 28.4. The molecule has 228 valence electrons. The second kappa shape index (κ2) is 12.2. The molecule has 0 amide bonds. The summed E-state index contributed by atoms with van der Waals surface area (Å²) in [5.74, 6) is 0.0596. The molecule has 4 rings (SSSR count). The molecule has 5 nitrogen and oxygen atoms in total. The lowest BCUT2D eigenvalue weighted by Crippen LogP contribution is -2.60. The molecule has 4 atom stereocenters. The molecule has 1 saturated heterocycles. The first-order valence-corrected chi connectivity index (χ1v) is 18.2. The lowest BCUT2D eigenvalue weighted by Gasteiger charge is -2.55. The Bertz CT molecular complexity index is 1130. The number of hydrogen-bond acceptors (Lipinski definition) is 5. The van der Waals surface area contributed by atoms with Gasteiger partial charge < -0.3 is 23.4 Å². The fraction of sp³-hybridized carbons (Fsp3) is 0.657. The number of allylic oxidation sites excluding steroid dienone is 2. The van der Waals surface area contributed by atoms with Gasteiger partial charge in [0.1, 0.15) is 19.2 Å². The molecule has 1 spiro atoms. The molecule has 0 unspecified atom stereocenters. The normalized spacial score (nSPS) is 30.4. The lowest BCUT2D eigenvalue weighted by molar-refractivity contribution is -0.121. The Labute approximate surface area is 250 Å². The van der Waals surface area contributed by atoms with E-state index in [2.05, 4.69) is 92.4 Å². The quantitative estimate of drug-likeness (QED) is 0.120. The maximum Gasteiger partial charge on any atom is 0.192 e. The van der Waals surface area contributed by atoms with Crippen LogP contribution in [0.15, 0.2) is 65.8 Å².